The van der Waals surface area contributed by atoms with Crippen LogP contribution in [-0.4, -0.2) is 61.6 Å². The second kappa shape index (κ2) is 5.79. The van der Waals surface area contributed by atoms with Gasteiger partial charge in [0.05, 0.1) is 20.6 Å². The highest BCUT2D eigenvalue weighted by atomic mass is 32.2. The number of hydrogen-bond donors (Lipinski definition) is 2. The second-order valence-electron chi connectivity index (χ2n) is 4.60. The first-order valence-corrected chi connectivity index (χ1v) is 6.72. The monoisotopic (exact) mass is 240 g/mol. The summed E-state index contributed by atoms with van der Waals surface area (Å²) >= 11 is 0. The minimum absolute atomic E-state index is 0.333. The highest BCUT2D eigenvalue weighted by Crippen LogP contribution is 2.04. The molecule has 6 heteroatoms. The molecule has 92 valence electrons. The van der Waals surface area contributed by atoms with Gasteiger partial charge in [0.1, 0.15) is 18.4 Å². The lowest BCUT2D eigenvalue weighted by atomic mass is 10.2. The van der Waals surface area contributed by atoms with Crippen LogP contribution in [0.2, 0.25) is 0 Å². The molecule has 0 heterocycles. The molecule has 0 spiro atoms. The Morgan fingerprint density at radius 2 is 1.87 bits per heavy atom. The normalized spacial score (nSPS) is 15.3. The van der Waals surface area contributed by atoms with E-state index in [9.17, 15) is 13.5 Å². The standard InChI is InChI=1S/C9H21NO4S/c1-4-5-6-10(2,3)7-9(11)8-15(12,13)14/h9,11H,4-8H2,1-3H3/p+1. The number of likely N-dealkylation sites (N-methyl/N-ethyl adjacent to an activating group) is 1. The summed E-state index contributed by atoms with van der Waals surface area (Å²) in [6.07, 6.45) is 1.09. The van der Waals surface area contributed by atoms with Crippen molar-refractivity contribution < 1.29 is 22.6 Å². The smallest absolute Gasteiger partial charge is 0.267 e. The van der Waals surface area contributed by atoms with Gasteiger partial charge in [-0.1, -0.05) is 13.3 Å². The lowest BCUT2D eigenvalue weighted by Crippen LogP contribution is -2.47. The Labute approximate surface area is 92.1 Å². The highest BCUT2D eigenvalue weighted by Gasteiger charge is 2.23. The van der Waals surface area contributed by atoms with Crippen LogP contribution in [0.1, 0.15) is 19.8 Å². The Balaban J connectivity index is 4.09. The van der Waals surface area contributed by atoms with Crippen LogP contribution in [0.25, 0.3) is 0 Å². The molecule has 0 bridgehead atoms. The zero-order chi connectivity index (χ0) is 12.1. The summed E-state index contributed by atoms with van der Waals surface area (Å²) in [5.74, 6) is -0.583. The topological polar surface area (TPSA) is 74.6 Å². The fourth-order valence-electron chi connectivity index (χ4n) is 1.54. The maximum atomic E-state index is 10.5. The Hall–Kier alpha value is -0.170. The van der Waals surface area contributed by atoms with Crippen LogP contribution in [0.5, 0.6) is 0 Å². The summed E-state index contributed by atoms with van der Waals surface area (Å²) in [7, 11) is -0.209. The number of quaternary nitrogens is 1. The second-order valence-corrected chi connectivity index (χ2v) is 6.10. The quantitative estimate of drug-likeness (QED) is 0.489. The molecular formula is C9H22NO4S+. The van der Waals surface area contributed by atoms with Crippen molar-refractivity contribution >= 4 is 10.1 Å². The van der Waals surface area contributed by atoms with E-state index in [-0.39, 0.29) is 0 Å². The molecule has 5 nitrogen and oxygen atoms in total. The number of aliphatic hydroxyl groups is 1. The molecule has 0 aliphatic carbocycles. The molecule has 0 amide bonds. The third-order valence-electron chi connectivity index (χ3n) is 2.22. The maximum Gasteiger partial charge on any atom is 0.267 e. The van der Waals surface area contributed by atoms with Gasteiger partial charge in [0.2, 0.25) is 0 Å². The van der Waals surface area contributed by atoms with E-state index in [0.717, 1.165) is 19.4 Å². The van der Waals surface area contributed by atoms with E-state index in [4.69, 9.17) is 4.55 Å². The molecule has 0 aromatic carbocycles. The lowest BCUT2D eigenvalue weighted by molar-refractivity contribution is -0.893. The summed E-state index contributed by atoms with van der Waals surface area (Å²) in [4.78, 5) is 0. The Morgan fingerprint density at radius 1 is 1.33 bits per heavy atom. The number of rotatable bonds is 7. The van der Waals surface area contributed by atoms with Gasteiger partial charge in [0.15, 0.2) is 0 Å². The molecule has 2 N–H and O–H groups in total. The summed E-state index contributed by atoms with van der Waals surface area (Å²) in [6, 6.07) is 0. The van der Waals surface area contributed by atoms with Crippen LogP contribution in [0.15, 0.2) is 0 Å². The van der Waals surface area contributed by atoms with Crippen molar-refractivity contribution in [3.8, 4) is 0 Å². The first-order valence-electron chi connectivity index (χ1n) is 5.11. The van der Waals surface area contributed by atoms with Gasteiger partial charge in [-0.3, -0.25) is 4.55 Å². The molecule has 1 unspecified atom stereocenters. The first kappa shape index (κ1) is 14.8. The molecule has 0 radical (unpaired) electrons. The molecule has 0 saturated carbocycles. The van der Waals surface area contributed by atoms with Crippen LogP contribution in [0.4, 0.5) is 0 Å². The fraction of sp³-hybridized carbons (Fsp3) is 1.00. The molecule has 0 aliphatic rings. The van der Waals surface area contributed by atoms with Crippen molar-refractivity contribution in [1.29, 1.82) is 0 Å². The van der Waals surface area contributed by atoms with Gasteiger partial charge in [0.25, 0.3) is 10.1 Å². The summed E-state index contributed by atoms with van der Waals surface area (Å²) in [5.41, 5.74) is 0. The van der Waals surface area contributed by atoms with Gasteiger partial charge in [-0.25, -0.2) is 0 Å². The van der Waals surface area contributed by atoms with E-state index >= 15 is 0 Å². The molecule has 0 aromatic heterocycles. The van der Waals surface area contributed by atoms with Gasteiger partial charge >= 0.3 is 0 Å². The van der Waals surface area contributed by atoms with E-state index < -0.39 is 22.0 Å². The van der Waals surface area contributed by atoms with Gasteiger partial charge in [-0.15, -0.1) is 0 Å². The first-order chi connectivity index (χ1) is 6.66. The summed E-state index contributed by atoms with van der Waals surface area (Å²) < 4.78 is 30.2. The fourth-order valence-corrected chi connectivity index (χ4v) is 2.14. The number of nitrogens with zero attached hydrogens (tertiary/aromatic N) is 1. The average Bonchev–Trinajstić information content (AvgIpc) is 1.95. The van der Waals surface area contributed by atoms with Gasteiger partial charge in [-0.2, -0.15) is 8.42 Å². The van der Waals surface area contributed by atoms with Crippen molar-refractivity contribution in [2.75, 3.05) is 32.9 Å². The zero-order valence-electron chi connectivity index (χ0n) is 9.68. The Morgan fingerprint density at radius 3 is 2.27 bits per heavy atom. The maximum absolute atomic E-state index is 10.5. The summed E-state index contributed by atoms with van der Waals surface area (Å²) in [5, 5.41) is 9.46. The van der Waals surface area contributed by atoms with Gasteiger partial charge in [0, 0.05) is 0 Å². The predicted octanol–water partition coefficient (Wildman–Crippen LogP) is 0.112. The van der Waals surface area contributed by atoms with Gasteiger partial charge in [-0.05, 0) is 6.42 Å². The van der Waals surface area contributed by atoms with Crippen LogP contribution in [0, 0.1) is 0 Å². The van der Waals surface area contributed by atoms with E-state index in [1.807, 2.05) is 14.1 Å². The molecule has 15 heavy (non-hydrogen) atoms. The van der Waals surface area contributed by atoms with E-state index in [0.29, 0.717) is 11.0 Å². The SMILES string of the molecule is CCCC[N+](C)(C)CC(O)CS(=O)(=O)O. The van der Waals surface area contributed by atoms with E-state index in [2.05, 4.69) is 6.92 Å². The predicted molar refractivity (Wildman–Crippen MR) is 59.2 cm³/mol. The molecule has 0 aromatic rings. The molecule has 0 saturated heterocycles. The van der Waals surface area contributed by atoms with Crippen LogP contribution >= 0.6 is 0 Å². The van der Waals surface area contributed by atoms with Gasteiger partial charge < -0.3 is 9.59 Å². The minimum atomic E-state index is -4.08. The average molecular weight is 240 g/mol. The molecule has 0 rings (SSSR count). The van der Waals surface area contributed by atoms with E-state index in [1.54, 1.807) is 0 Å². The largest absolute Gasteiger partial charge is 0.386 e. The molecule has 0 aliphatic heterocycles. The minimum Gasteiger partial charge on any atom is -0.386 e. The van der Waals surface area contributed by atoms with Crippen molar-refractivity contribution in [2.24, 2.45) is 0 Å². The van der Waals surface area contributed by atoms with Crippen molar-refractivity contribution in [1.82, 2.24) is 0 Å². The third kappa shape index (κ3) is 8.80. The van der Waals surface area contributed by atoms with Crippen LogP contribution in [-0.2, 0) is 10.1 Å². The van der Waals surface area contributed by atoms with E-state index in [1.165, 1.54) is 0 Å². The molecule has 0 fully saturated rings. The third-order valence-corrected chi connectivity index (χ3v) is 3.03. The van der Waals surface area contributed by atoms with Crippen molar-refractivity contribution in [2.45, 2.75) is 25.9 Å². The van der Waals surface area contributed by atoms with Crippen LogP contribution < -0.4 is 0 Å². The molecule has 1 atom stereocenters. The molecular weight excluding hydrogens is 218 g/mol. The number of aliphatic hydroxyl groups excluding tert-OH is 1. The lowest BCUT2D eigenvalue weighted by Gasteiger charge is -2.31. The highest BCUT2D eigenvalue weighted by molar-refractivity contribution is 7.85. The Kier molecular flexibility index (Phi) is 5.72. The number of unbranched alkanes of at least 4 members (excludes halogenated alkanes) is 1. The number of hydrogen-bond acceptors (Lipinski definition) is 3. The Bertz CT molecular complexity index is 274. The van der Waals surface area contributed by atoms with Crippen molar-refractivity contribution in [3.05, 3.63) is 0 Å². The zero-order valence-corrected chi connectivity index (χ0v) is 10.5. The van der Waals surface area contributed by atoms with Crippen LogP contribution in [0.3, 0.4) is 0 Å². The van der Waals surface area contributed by atoms with Crippen molar-refractivity contribution in [3.63, 3.8) is 0 Å². The summed E-state index contributed by atoms with van der Waals surface area (Å²) in [6.45, 7) is 3.30.